The molecule has 0 saturated carbocycles. The predicted molar refractivity (Wildman–Crippen MR) is 68.9 cm³/mol. The van der Waals surface area contributed by atoms with Gasteiger partial charge in [-0.15, -0.1) is 0 Å². The summed E-state index contributed by atoms with van der Waals surface area (Å²) in [6.07, 6.45) is 2.53. The molecule has 0 radical (unpaired) electrons. The van der Waals surface area contributed by atoms with Gasteiger partial charge < -0.3 is 10.3 Å². The Morgan fingerprint density at radius 3 is 2.71 bits per heavy atom. The Kier molecular flexibility index (Phi) is 4.11. The SMILES string of the molecule is O=c1cc[nH]c(CCNCc2ccccc2)c1. The maximum atomic E-state index is 11.1. The Bertz CT molecular complexity index is 505. The van der Waals surface area contributed by atoms with Gasteiger partial charge in [-0.05, 0) is 5.56 Å². The lowest BCUT2D eigenvalue weighted by atomic mass is 10.2. The highest BCUT2D eigenvalue weighted by molar-refractivity contribution is 5.14. The average molecular weight is 228 g/mol. The first-order chi connectivity index (χ1) is 8.34. The minimum Gasteiger partial charge on any atom is -0.365 e. The molecular weight excluding hydrogens is 212 g/mol. The summed E-state index contributed by atoms with van der Waals surface area (Å²) < 4.78 is 0. The predicted octanol–water partition coefficient (Wildman–Crippen LogP) is 1.71. The van der Waals surface area contributed by atoms with Crippen LogP contribution in [0.15, 0.2) is 53.5 Å². The molecule has 1 aromatic carbocycles. The summed E-state index contributed by atoms with van der Waals surface area (Å²) in [4.78, 5) is 14.2. The molecule has 3 heteroatoms. The maximum Gasteiger partial charge on any atom is 0.181 e. The second-order valence-electron chi connectivity index (χ2n) is 3.96. The van der Waals surface area contributed by atoms with E-state index in [0.717, 1.165) is 25.2 Å². The van der Waals surface area contributed by atoms with Gasteiger partial charge in [-0.3, -0.25) is 4.79 Å². The van der Waals surface area contributed by atoms with Crippen molar-refractivity contribution < 1.29 is 0 Å². The van der Waals surface area contributed by atoms with E-state index in [2.05, 4.69) is 22.4 Å². The van der Waals surface area contributed by atoms with Crippen LogP contribution in [0.2, 0.25) is 0 Å². The molecule has 2 aromatic rings. The molecule has 17 heavy (non-hydrogen) atoms. The minimum atomic E-state index is 0.0572. The number of nitrogens with one attached hydrogen (secondary N) is 2. The summed E-state index contributed by atoms with van der Waals surface area (Å²) in [5, 5.41) is 3.35. The van der Waals surface area contributed by atoms with E-state index in [4.69, 9.17) is 0 Å². The smallest absolute Gasteiger partial charge is 0.181 e. The molecule has 0 atom stereocenters. The summed E-state index contributed by atoms with van der Waals surface area (Å²) in [6.45, 7) is 1.72. The Morgan fingerprint density at radius 1 is 1.12 bits per heavy atom. The summed E-state index contributed by atoms with van der Waals surface area (Å²) in [5.74, 6) is 0. The standard InChI is InChI=1S/C14H16N2O/c17-14-7-9-16-13(10-14)6-8-15-11-12-4-2-1-3-5-12/h1-5,7,9-10,15H,6,8,11H2,(H,16,17). The molecule has 1 heterocycles. The van der Waals surface area contributed by atoms with Crippen LogP contribution in [0.1, 0.15) is 11.3 Å². The first-order valence-corrected chi connectivity index (χ1v) is 5.77. The van der Waals surface area contributed by atoms with Crippen LogP contribution in [0.4, 0.5) is 0 Å². The van der Waals surface area contributed by atoms with Gasteiger partial charge in [-0.2, -0.15) is 0 Å². The number of rotatable bonds is 5. The minimum absolute atomic E-state index is 0.0572. The third-order valence-electron chi connectivity index (χ3n) is 2.58. The molecule has 2 rings (SSSR count). The van der Waals surface area contributed by atoms with Gasteiger partial charge in [0, 0.05) is 43.5 Å². The van der Waals surface area contributed by atoms with Gasteiger partial charge in [0.2, 0.25) is 0 Å². The normalized spacial score (nSPS) is 10.4. The van der Waals surface area contributed by atoms with E-state index in [-0.39, 0.29) is 5.43 Å². The average Bonchev–Trinajstić information content (AvgIpc) is 2.36. The summed E-state index contributed by atoms with van der Waals surface area (Å²) in [7, 11) is 0. The van der Waals surface area contributed by atoms with Crippen LogP contribution in [0.3, 0.4) is 0 Å². The van der Waals surface area contributed by atoms with Crippen LogP contribution in [0.25, 0.3) is 0 Å². The quantitative estimate of drug-likeness (QED) is 0.765. The first kappa shape index (κ1) is 11.6. The van der Waals surface area contributed by atoms with Gasteiger partial charge >= 0.3 is 0 Å². The molecule has 3 nitrogen and oxygen atoms in total. The van der Waals surface area contributed by atoms with Crippen molar-refractivity contribution in [2.45, 2.75) is 13.0 Å². The molecule has 0 aliphatic heterocycles. The Hall–Kier alpha value is -1.87. The number of hydrogen-bond donors (Lipinski definition) is 2. The fourth-order valence-electron chi connectivity index (χ4n) is 1.69. The Labute approximate surface area is 101 Å². The summed E-state index contributed by atoms with van der Waals surface area (Å²) in [6, 6.07) is 13.4. The van der Waals surface area contributed by atoms with E-state index in [1.54, 1.807) is 12.3 Å². The van der Waals surface area contributed by atoms with Crippen LogP contribution in [-0.4, -0.2) is 11.5 Å². The molecule has 0 spiro atoms. The van der Waals surface area contributed by atoms with Gasteiger partial charge in [0.25, 0.3) is 0 Å². The van der Waals surface area contributed by atoms with Gasteiger partial charge in [0.05, 0.1) is 0 Å². The topological polar surface area (TPSA) is 44.9 Å². The zero-order chi connectivity index (χ0) is 11.9. The Balaban J connectivity index is 1.75. The molecule has 2 N–H and O–H groups in total. The lowest BCUT2D eigenvalue weighted by Crippen LogP contribution is -2.17. The van der Waals surface area contributed by atoms with E-state index in [0.29, 0.717) is 0 Å². The van der Waals surface area contributed by atoms with Crippen LogP contribution in [0, 0.1) is 0 Å². The van der Waals surface area contributed by atoms with Crippen molar-refractivity contribution in [1.82, 2.24) is 10.3 Å². The van der Waals surface area contributed by atoms with E-state index < -0.39 is 0 Å². The third kappa shape index (κ3) is 3.89. The van der Waals surface area contributed by atoms with E-state index in [1.165, 1.54) is 11.6 Å². The van der Waals surface area contributed by atoms with Crippen LogP contribution >= 0.6 is 0 Å². The monoisotopic (exact) mass is 228 g/mol. The van der Waals surface area contributed by atoms with E-state index in [1.807, 2.05) is 18.2 Å². The van der Waals surface area contributed by atoms with Gasteiger partial charge in [0.15, 0.2) is 5.43 Å². The lowest BCUT2D eigenvalue weighted by Gasteiger charge is -2.04. The fraction of sp³-hybridized carbons (Fsp3) is 0.214. The van der Waals surface area contributed by atoms with E-state index in [9.17, 15) is 4.79 Å². The molecule has 0 saturated heterocycles. The molecular formula is C14H16N2O. The molecule has 88 valence electrons. The number of aromatic nitrogens is 1. The van der Waals surface area contributed by atoms with E-state index >= 15 is 0 Å². The number of benzene rings is 1. The van der Waals surface area contributed by atoms with Crippen molar-refractivity contribution >= 4 is 0 Å². The number of aromatic amines is 1. The molecule has 0 aliphatic rings. The van der Waals surface area contributed by atoms with Gasteiger partial charge in [0.1, 0.15) is 0 Å². The summed E-state index contributed by atoms with van der Waals surface area (Å²) >= 11 is 0. The number of hydrogen-bond acceptors (Lipinski definition) is 2. The highest BCUT2D eigenvalue weighted by atomic mass is 16.1. The second-order valence-corrected chi connectivity index (χ2v) is 3.96. The molecule has 0 fully saturated rings. The van der Waals surface area contributed by atoms with Crippen molar-refractivity contribution in [2.24, 2.45) is 0 Å². The van der Waals surface area contributed by atoms with Gasteiger partial charge in [-0.25, -0.2) is 0 Å². The second kappa shape index (κ2) is 6.01. The van der Waals surface area contributed by atoms with Crippen LogP contribution in [0.5, 0.6) is 0 Å². The first-order valence-electron chi connectivity index (χ1n) is 5.77. The van der Waals surface area contributed by atoms with Crippen molar-refractivity contribution in [1.29, 1.82) is 0 Å². The van der Waals surface area contributed by atoms with Crippen LogP contribution < -0.4 is 10.7 Å². The fourth-order valence-corrected chi connectivity index (χ4v) is 1.69. The zero-order valence-corrected chi connectivity index (χ0v) is 9.65. The van der Waals surface area contributed by atoms with Crippen molar-refractivity contribution in [2.75, 3.05) is 6.54 Å². The number of pyridine rings is 1. The van der Waals surface area contributed by atoms with Crippen molar-refractivity contribution in [3.63, 3.8) is 0 Å². The third-order valence-corrected chi connectivity index (χ3v) is 2.58. The Morgan fingerprint density at radius 2 is 1.94 bits per heavy atom. The highest BCUT2D eigenvalue weighted by Gasteiger charge is 1.94. The highest BCUT2D eigenvalue weighted by Crippen LogP contribution is 1.97. The van der Waals surface area contributed by atoms with Crippen molar-refractivity contribution in [3.8, 4) is 0 Å². The van der Waals surface area contributed by atoms with Crippen LogP contribution in [-0.2, 0) is 13.0 Å². The van der Waals surface area contributed by atoms with Crippen molar-refractivity contribution in [3.05, 3.63) is 70.1 Å². The maximum absolute atomic E-state index is 11.1. The zero-order valence-electron chi connectivity index (χ0n) is 9.65. The summed E-state index contributed by atoms with van der Waals surface area (Å²) in [5.41, 5.74) is 2.30. The van der Waals surface area contributed by atoms with Gasteiger partial charge in [-0.1, -0.05) is 30.3 Å². The molecule has 0 bridgehead atoms. The molecule has 1 aromatic heterocycles. The molecule has 0 aliphatic carbocycles. The largest absolute Gasteiger partial charge is 0.365 e. The lowest BCUT2D eigenvalue weighted by molar-refractivity contribution is 0.679. The molecule has 0 amide bonds. The molecule has 0 unspecified atom stereocenters. The number of H-pyrrole nitrogens is 1.